The SMILES string of the molecule is CC[C@@H](C)CC(=O)c1cc(N2CCC(c3c[nH]c4nccc(OC)c34)CC2)nc(OC[C@H](C)OC)n1. The van der Waals surface area contributed by atoms with Crippen molar-refractivity contribution >= 4 is 22.6 Å². The molecule has 0 spiro atoms. The highest BCUT2D eigenvalue weighted by Gasteiger charge is 2.26. The number of piperidine rings is 1. The minimum absolute atomic E-state index is 0.0194. The second-order valence-corrected chi connectivity index (χ2v) is 9.63. The fourth-order valence-corrected chi connectivity index (χ4v) is 4.57. The smallest absolute Gasteiger partial charge is 0.319 e. The van der Waals surface area contributed by atoms with E-state index in [1.165, 1.54) is 5.56 Å². The van der Waals surface area contributed by atoms with Crippen LogP contribution in [0.2, 0.25) is 0 Å². The van der Waals surface area contributed by atoms with Gasteiger partial charge in [-0.3, -0.25) is 4.79 Å². The number of aromatic nitrogens is 4. The Morgan fingerprint density at radius 1 is 1.22 bits per heavy atom. The lowest BCUT2D eigenvalue weighted by atomic mass is 9.89. The molecule has 194 valence electrons. The fourth-order valence-electron chi connectivity index (χ4n) is 4.57. The number of H-pyrrole nitrogens is 1. The number of ketones is 1. The minimum atomic E-state index is -0.102. The topological polar surface area (TPSA) is 102 Å². The Kier molecular flexibility index (Phi) is 8.40. The third-order valence-corrected chi connectivity index (χ3v) is 7.10. The van der Waals surface area contributed by atoms with Gasteiger partial charge in [0.15, 0.2) is 5.78 Å². The Morgan fingerprint density at radius 3 is 2.69 bits per heavy atom. The number of fused-ring (bicyclic) bond motifs is 1. The lowest BCUT2D eigenvalue weighted by Crippen LogP contribution is -2.34. The van der Waals surface area contributed by atoms with Crippen LogP contribution in [0.15, 0.2) is 24.5 Å². The molecule has 1 fully saturated rings. The van der Waals surface area contributed by atoms with Gasteiger partial charge in [-0.1, -0.05) is 20.3 Å². The van der Waals surface area contributed by atoms with Crippen LogP contribution >= 0.6 is 0 Å². The summed E-state index contributed by atoms with van der Waals surface area (Å²) in [5.41, 5.74) is 2.49. The number of methoxy groups -OCH3 is 2. The molecule has 0 saturated carbocycles. The second kappa shape index (κ2) is 11.7. The van der Waals surface area contributed by atoms with Crippen molar-refractivity contribution in [2.75, 3.05) is 38.8 Å². The predicted octanol–water partition coefficient (Wildman–Crippen LogP) is 4.78. The zero-order chi connectivity index (χ0) is 25.7. The fraction of sp³-hybridized carbons (Fsp3) is 0.556. The van der Waals surface area contributed by atoms with Crippen LogP contribution in [0.25, 0.3) is 11.0 Å². The van der Waals surface area contributed by atoms with Crippen molar-refractivity contribution in [1.29, 1.82) is 0 Å². The molecular formula is C27H37N5O4. The van der Waals surface area contributed by atoms with Gasteiger partial charge in [0, 0.05) is 45.1 Å². The van der Waals surface area contributed by atoms with Crippen molar-refractivity contribution in [3.8, 4) is 11.8 Å². The molecule has 4 rings (SSSR count). The lowest BCUT2D eigenvalue weighted by molar-refractivity contribution is 0.0678. The second-order valence-electron chi connectivity index (χ2n) is 9.63. The number of anilines is 1. The summed E-state index contributed by atoms with van der Waals surface area (Å²) < 4.78 is 16.7. The molecular weight excluding hydrogens is 458 g/mol. The molecule has 1 aliphatic heterocycles. The van der Waals surface area contributed by atoms with Crippen molar-refractivity contribution in [1.82, 2.24) is 19.9 Å². The Balaban J connectivity index is 1.53. The maximum Gasteiger partial charge on any atom is 0.319 e. The van der Waals surface area contributed by atoms with Crippen molar-refractivity contribution < 1.29 is 19.0 Å². The third kappa shape index (κ3) is 5.78. The van der Waals surface area contributed by atoms with Crippen LogP contribution in [0.1, 0.15) is 68.4 Å². The first-order chi connectivity index (χ1) is 17.4. The molecule has 0 bridgehead atoms. The summed E-state index contributed by atoms with van der Waals surface area (Å²) in [5.74, 6) is 2.26. The highest BCUT2D eigenvalue weighted by molar-refractivity contribution is 5.95. The first-order valence-electron chi connectivity index (χ1n) is 12.8. The molecule has 0 amide bonds. The van der Waals surface area contributed by atoms with E-state index in [9.17, 15) is 4.79 Å². The van der Waals surface area contributed by atoms with Crippen LogP contribution in [0, 0.1) is 5.92 Å². The Labute approximate surface area is 212 Å². The van der Waals surface area contributed by atoms with E-state index < -0.39 is 0 Å². The number of nitrogens with zero attached hydrogens (tertiary/aromatic N) is 4. The molecule has 0 aromatic carbocycles. The number of nitrogens with one attached hydrogen (secondary N) is 1. The zero-order valence-electron chi connectivity index (χ0n) is 21.9. The molecule has 9 nitrogen and oxygen atoms in total. The van der Waals surface area contributed by atoms with Gasteiger partial charge in [-0.05, 0) is 43.2 Å². The monoisotopic (exact) mass is 495 g/mol. The summed E-state index contributed by atoms with van der Waals surface area (Å²) in [4.78, 5) is 32.0. The van der Waals surface area contributed by atoms with Crippen LogP contribution in [-0.2, 0) is 4.74 Å². The summed E-state index contributed by atoms with van der Waals surface area (Å²) >= 11 is 0. The molecule has 1 saturated heterocycles. The highest BCUT2D eigenvalue weighted by atomic mass is 16.5. The highest BCUT2D eigenvalue weighted by Crippen LogP contribution is 2.37. The maximum atomic E-state index is 13.0. The van der Waals surface area contributed by atoms with E-state index in [0.29, 0.717) is 30.6 Å². The average molecular weight is 496 g/mol. The van der Waals surface area contributed by atoms with E-state index in [1.54, 1.807) is 20.4 Å². The minimum Gasteiger partial charge on any atom is -0.496 e. The number of carbonyl (C=O) groups is 1. The molecule has 1 aliphatic rings. The van der Waals surface area contributed by atoms with Crippen LogP contribution < -0.4 is 14.4 Å². The Hall–Kier alpha value is -3.20. The van der Waals surface area contributed by atoms with Gasteiger partial charge in [-0.25, -0.2) is 4.98 Å². The summed E-state index contributed by atoms with van der Waals surface area (Å²) in [5, 5.41) is 1.06. The molecule has 3 aromatic heterocycles. The number of aromatic amines is 1. The number of ether oxygens (including phenoxy) is 3. The number of hydrogen-bond donors (Lipinski definition) is 1. The third-order valence-electron chi connectivity index (χ3n) is 7.10. The summed E-state index contributed by atoms with van der Waals surface area (Å²) in [6, 6.07) is 3.94. The summed E-state index contributed by atoms with van der Waals surface area (Å²) in [7, 11) is 3.33. The van der Waals surface area contributed by atoms with Crippen LogP contribution in [-0.4, -0.2) is 65.7 Å². The van der Waals surface area contributed by atoms with Gasteiger partial charge < -0.3 is 24.1 Å². The standard InChI is InChI=1S/C27H37N5O4/c1-6-17(2)13-22(33)21-14-24(31-27(30-21)36-16-18(3)34-4)32-11-8-19(9-12-32)20-15-29-26-25(20)23(35-5)7-10-28-26/h7,10,14-15,17-19H,6,8-9,11-13,16H2,1-5H3,(H,28,29)/t17-,18+/m1/s1. The molecule has 36 heavy (non-hydrogen) atoms. The number of carbonyl (C=O) groups excluding carboxylic acids is 1. The van der Waals surface area contributed by atoms with E-state index >= 15 is 0 Å². The van der Waals surface area contributed by atoms with Gasteiger partial charge in [0.2, 0.25) is 0 Å². The number of pyridine rings is 1. The molecule has 1 N–H and O–H groups in total. The van der Waals surface area contributed by atoms with Crippen LogP contribution in [0.5, 0.6) is 11.8 Å². The number of Topliss-reactive ketones (excluding diaryl/α,β-unsaturated/α-hetero) is 1. The quantitative estimate of drug-likeness (QED) is 0.379. The molecule has 4 heterocycles. The number of hydrogen-bond acceptors (Lipinski definition) is 8. The van der Waals surface area contributed by atoms with Crippen LogP contribution in [0.4, 0.5) is 5.82 Å². The molecule has 3 aromatic rings. The lowest BCUT2D eigenvalue weighted by Gasteiger charge is -2.33. The first-order valence-corrected chi connectivity index (χ1v) is 12.8. The maximum absolute atomic E-state index is 13.0. The van der Waals surface area contributed by atoms with Crippen LogP contribution in [0.3, 0.4) is 0 Å². The molecule has 0 aliphatic carbocycles. The van der Waals surface area contributed by atoms with Gasteiger partial charge >= 0.3 is 6.01 Å². The van der Waals surface area contributed by atoms with Crippen molar-refractivity contribution in [2.45, 2.75) is 58.5 Å². The van der Waals surface area contributed by atoms with E-state index in [2.05, 4.69) is 44.9 Å². The van der Waals surface area contributed by atoms with Crippen molar-refractivity contribution in [3.05, 3.63) is 35.8 Å². The zero-order valence-corrected chi connectivity index (χ0v) is 21.9. The van der Waals surface area contributed by atoms with Gasteiger partial charge in [-0.2, -0.15) is 9.97 Å². The largest absolute Gasteiger partial charge is 0.496 e. The van der Waals surface area contributed by atoms with Crippen molar-refractivity contribution in [2.24, 2.45) is 5.92 Å². The first kappa shape index (κ1) is 25.9. The van der Waals surface area contributed by atoms with Gasteiger partial charge in [0.1, 0.15) is 29.5 Å². The van der Waals surface area contributed by atoms with Gasteiger partial charge in [0.25, 0.3) is 0 Å². The molecule has 2 atom stereocenters. The van der Waals surface area contributed by atoms with E-state index in [4.69, 9.17) is 14.2 Å². The summed E-state index contributed by atoms with van der Waals surface area (Å²) in [6.45, 7) is 8.02. The van der Waals surface area contributed by atoms with E-state index in [-0.39, 0.29) is 17.9 Å². The van der Waals surface area contributed by atoms with Gasteiger partial charge in [0.05, 0.1) is 18.6 Å². The van der Waals surface area contributed by atoms with Gasteiger partial charge in [-0.15, -0.1) is 0 Å². The number of rotatable bonds is 11. The van der Waals surface area contributed by atoms with E-state index in [1.807, 2.05) is 19.1 Å². The molecule has 9 heteroatoms. The summed E-state index contributed by atoms with van der Waals surface area (Å²) in [6.07, 6.45) is 7.00. The molecule has 0 radical (unpaired) electrons. The average Bonchev–Trinajstić information content (AvgIpc) is 3.36. The normalized spacial score (nSPS) is 16.2. The molecule has 0 unspecified atom stereocenters. The Morgan fingerprint density at radius 2 is 2.00 bits per heavy atom. The predicted molar refractivity (Wildman–Crippen MR) is 139 cm³/mol. The Bertz CT molecular complexity index is 1170. The van der Waals surface area contributed by atoms with E-state index in [0.717, 1.165) is 55.0 Å². The van der Waals surface area contributed by atoms with Crippen molar-refractivity contribution in [3.63, 3.8) is 0 Å².